The first-order valence-corrected chi connectivity index (χ1v) is 9.86. The fraction of sp³-hybridized carbons (Fsp3) is 0.0909. The summed E-state index contributed by atoms with van der Waals surface area (Å²) in [5.41, 5.74) is 2.99. The molecule has 0 fully saturated rings. The van der Waals surface area contributed by atoms with Crippen molar-refractivity contribution in [1.82, 2.24) is 5.43 Å². The number of hydrogen-bond donors (Lipinski definition) is 1. The minimum Gasteiger partial charge on any atom is -0.494 e. The summed E-state index contributed by atoms with van der Waals surface area (Å²) < 4.78 is 16.6. The SMILES string of the molecule is CCOc1ccc2oc(C(=O)N/N=C/c3ccc(-c4ccc(Cl)cc4[N+](=O)[O-])o3)cc2c1. The number of furan rings is 2. The van der Waals surface area contributed by atoms with Gasteiger partial charge in [0.15, 0.2) is 5.76 Å². The molecule has 162 valence electrons. The number of fused-ring (bicyclic) bond motifs is 1. The first kappa shape index (κ1) is 21.1. The summed E-state index contributed by atoms with van der Waals surface area (Å²) in [4.78, 5) is 23.1. The van der Waals surface area contributed by atoms with Gasteiger partial charge in [0.25, 0.3) is 5.69 Å². The number of benzene rings is 2. The van der Waals surface area contributed by atoms with Crippen molar-refractivity contribution >= 4 is 40.4 Å². The number of nitro benzene ring substituents is 1. The Morgan fingerprint density at radius 1 is 1.19 bits per heavy atom. The summed E-state index contributed by atoms with van der Waals surface area (Å²) in [5.74, 6) is 0.776. The average molecular weight is 454 g/mol. The monoisotopic (exact) mass is 453 g/mol. The van der Waals surface area contributed by atoms with E-state index in [9.17, 15) is 14.9 Å². The summed E-state index contributed by atoms with van der Waals surface area (Å²) in [6, 6.07) is 14.3. The van der Waals surface area contributed by atoms with E-state index in [4.69, 9.17) is 25.2 Å². The number of carbonyl (C=O) groups excluding carboxylic acids is 1. The van der Waals surface area contributed by atoms with Crippen LogP contribution >= 0.6 is 11.6 Å². The number of hydrogen-bond acceptors (Lipinski definition) is 7. The molecule has 0 saturated carbocycles. The number of amides is 1. The smallest absolute Gasteiger partial charge is 0.307 e. The maximum Gasteiger partial charge on any atom is 0.307 e. The highest BCUT2D eigenvalue weighted by atomic mass is 35.5. The zero-order valence-corrected chi connectivity index (χ0v) is 17.5. The van der Waals surface area contributed by atoms with Crippen LogP contribution in [0.5, 0.6) is 5.75 Å². The van der Waals surface area contributed by atoms with Gasteiger partial charge in [-0.2, -0.15) is 5.10 Å². The molecule has 2 aromatic carbocycles. The van der Waals surface area contributed by atoms with Crippen molar-refractivity contribution in [2.75, 3.05) is 6.61 Å². The summed E-state index contributed by atoms with van der Waals surface area (Å²) >= 11 is 5.84. The molecule has 1 N–H and O–H groups in total. The molecule has 4 rings (SSSR count). The second-order valence-electron chi connectivity index (χ2n) is 6.56. The van der Waals surface area contributed by atoms with E-state index in [-0.39, 0.29) is 33.6 Å². The highest BCUT2D eigenvalue weighted by Crippen LogP contribution is 2.33. The Labute approximate surface area is 186 Å². The van der Waals surface area contributed by atoms with Gasteiger partial charge in [0, 0.05) is 16.5 Å². The fourth-order valence-corrected chi connectivity index (χ4v) is 3.20. The molecule has 0 unspecified atom stereocenters. The number of nitrogens with zero attached hydrogens (tertiary/aromatic N) is 2. The molecular formula is C22H16ClN3O6. The van der Waals surface area contributed by atoms with Crippen LogP contribution in [0.4, 0.5) is 5.69 Å². The number of ether oxygens (including phenoxy) is 1. The zero-order chi connectivity index (χ0) is 22.7. The van der Waals surface area contributed by atoms with Gasteiger partial charge in [-0.1, -0.05) is 11.6 Å². The largest absolute Gasteiger partial charge is 0.494 e. The van der Waals surface area contributed by atoms with E-state index in [1.807, 2.05) is 6.92 Å². The lowest BCUT2D eigenvalue weighted by molar-refractivity contribution is -0.384. The quantitative estimate of drug-likeness (QED) is 0.227. The molecule has 0 aliphatic heterocycles. The van der Waals surface area contributed by atoms with E-state index in [2.05, 4.69) is 10.5 Å². The maximum atomic E-state index is 12.3. The Morgan fingerprint density at radius 3 is 2.81 bits per heavy atom. The van der Waals surface area contributed by atoms with Gasteiger partial charge < -0.3 is 13.6 Å². The third kappa shape index (κ3) is 4.47. The second-order valence-corrected chi connectivity index (χ2v) is 7.00. The number of nitro groups is 1. The Balaban J connectivity index is 1.46. The third-order valence-corrected chi connectivity index (χ3v) is 4.66. The molecule has 10 heteroatoms. The van der Waals surface area contributed by atoms with Crippen LogP contribution in [-0.2, 0) is 0 Å². The predicted molar refractivity (Wildman–Crippen MR) is 118 cm³/mol. The van der Waals surface area contributed by atoms with Gasteiger partial charge in [-0.3, -0.25) is 14.9 Å². The molecule has 32 heavy (non-hydrogen) atoms. The second kappa shape index (κ2) is 8.94. The van der Waals surface area contributed by atoms with Gasteiger partial charge >= 0.3 is 5.91 Å². The molecule has 0 radical (unpaired) electrons. The zero-order valence-electron chi connectivity index (χ0n) is 16.7. The highest BCUT2D eigenvalue weighted by Gasteiger charge is 2.18. The molecule has 9 nitrogen and oxygen atoms in total. The Morgan fingerprint density at radius 2 is 2.03 bits per heavy atom. The van der Waals surface area contributed by atoms with E-state index in [1.165, 1.54) is 24.4 Å². The number of carbonyl (C=O) groups is 1. The van der Waals surface area contributed by atoms with E-state index < -0.39 is 10.8 Å². The van der Waals surface area contributed by atoms with E-state index >= 15 is 0 Å². The molecule has 1 amide bonds. The van der Waals surface area contributed by atoms with Gasteiger partial charge in [-0.05, 0) is 55.5 Å². The molecule has 0 spiro atoms. The molecule has 2 aromatic heterocycles. The van der Waals surface area contributed by atoms with Crippen LogP contribution in [0, 0.1) is 10.1 Å². The minimum absolute atomic E-state index is 0.0859. The molecule has 0 saturated heterocycles. The van der Waals surface area contributed by atoms with Crippen molar-refractivity contribution in [3.05, 3.63) is 81.3 Å². The molecule has 0 atom stereocenters. The average Bonchev–Trinajstić information content (AvgIpc) is 3.40. The van der Waals surface area contributed by atoms with Crippen LogP contribution in [0.25, 0.3) is 22.3 Å². The molecule has 2 heterocycles. The summed E-state index contributed by atoms with van der Waals surface area (Å²) in [6.07, 6.45) is 1.28. The minimum atomic E-state index is -0.546. The van der Waals surface area contributed by atoms with E-state index in [1.54, 1.807) is 36.4 Å². The number of nitrogens with one attached hydrogen (secondary N) is 1. The third-order valence-electron chi connectivity index (χ3n) is 4.43. The van der Waals surface area contributed by atoms with Gasteiger partial charge in [0.2, 0.25) is 0 Å². The van der Waals surface area contributed by atoms with Crippen LogP contribution in [-0.4, -0.2) is 23.7 Å². The molecule has 0 bridgehead atoms. The Bertz CT molecular complexity index is 1340. The topological polar surface area (TPSA) is 120 Å². The summed E-state index contributed by atoms with van der Waals surface area (Å²) in [7, 11) is 0. The predicted octanol–water partition coefficient (Wildman–Crippen LogP) is 5.42. The van der Waals surface area contributed by atoms with Gasteiger partial charge in [-0.25, -0.2) is 5.43 Å². The van der Waals surface area contributed by atoms with Gasteiger partial charge in [-0.15, -0.1) is 0 Å². The fourth-order valence-electron chi connectivity index (χ4n) is 3.03. The standard InChI is InChI=1S/C22H16ClN3O6/c1-2-30-15-4-7-19-13(9-15)10-21(32-19)22(27)25-24-12-16-5-8-20(31-16)17-6-3-14(23)11-18(17)26(28)29/h3-12H,2H2,1H3,(H,25,27)/b24-12+. The van der Waals surface area contributed by atoms with Crippen molar-refractivity contribution in [3.63, 3.8) is 0 Å². The first-order valence-electron chi connectivity index (χ1n) is 9.48. The lowest BCUT2D eigenvalue weighted by atomic mass is 10.1. The van der Waals surface area contributed by atoms with E-state index in [0.29, 0.717) is 17.9 Å². The first-order chi connectivity index (χ1) is 15.4. The van der Waals surface area contributed by atoms with Crippen molar-refractivity contribution in [1.29, 1.82) is 0 Å². The summed E-state index contributed by atoms with van der Waals surface area (Å²) in [6.45, 7) is 2.42. The summed E-state index contributed by atoms with van der Waals surface area (Å²) in [5, 5.41) is 16.1. The van der Waals surface area contributed by atoms with Crippen molar-refractivity contribution in [2.24, 2.45) is 5.10 Å². The van der Waals surface area contributed by atoms with E-state index in [0.717, 1.165) is 5.39 Å². The van der Waals surface area contributed by atoms with Crippen molar-refractivity contribution < 1.29 is 23.3 Å². The van der Waals surface area contributed by atoms with Gasteiger partial charge in [0.1, 0.15) is 22.9 Å². The maximum absolute atomic E-state index is 12.3. The highest BCUT2D eigenvalue weighted by molar-refractivity contribution is 6.30. The Hall–Kier alpha value is -4.11. The molecule has 0 aliphatic carbocycles. The Kier molecular flexibility index (Phi) is 5.91. The lowest BCUT2D eigenvalue weighted by Crippen LogP contribution is -2.16. The number of rotatable bonds is 7. The lowest BCUT2D eigenvalue weighted by Gasteiger charge is -2.00. The van der Waals surface area contributed by atoms with Crippen LogP contribution < -0.4 is 10.2 Å². The van der Waals surface area contributed by atoms with Crippen LogP contribution in [0.1, 0.15) is 23.2 Å². The van der Waals surface area contributed by atoms with Crippen LogP contribution in [0.3, 0.4) is 0 Å². The van der Waals surface area contributed by atoms with Crippen molar-refractivity contribution in [2.45, 2.75) is 6.92 Å². The molecule has 0 aliphatic rings. The van der Waals surface area contributed by atoms with Crippen LogP contribution in [0.15, 0.2) is 68.5 Å². The van der Waals surface area contributed by atoms with Crippen LogP contribution in [0.2, 0.25) is 5.02 Å². The number of hydrazone groups is 1. The normalized spacial score (nSPS) is 11.2. The number of halogens is 1. The molecular weight excluding hydrogens is 438 g/mol. The van der Waals surface area contributed by atoms with Gasteiger partial charge in [0.05, 0.1) is 23.3 Å². The van der Waals surface area contributed by atoms with Crippen molar-refractivity contribution in [3.8, 4) is 17.1 Å². The molecule has 4 aromatic rings.